The topological polar surface area (TPSA) is 65.9 Å². The molecule has 108 valence electrons. The maximum Gasteiger partial charge on any atom is 0.356 e. The molecule has 0 aliphatic carbocycles. The number of nitrogens with one attached hydrogen (secondary N) is 1. The van der Waals surface area contributed by atoms with E-state index >= 15 is 0 Å². The fourth-order valence-corrected chi connectivity index (χ4v) is 2.81. The van der Waals surface area contributed by atoms with Crippen molar-refractivity contribution in [2.24, 2.45) is 0 Å². The Bertz CT molecular complexity index is 893. The van der Waals surface area contributed by atoms with Crippen molar-refractivity contribution in [3.05, 3.63) is 69.8 Å². The summed E-state index contributed by atoms with van der Waals surface area (Å²) in [5.74, 6) is -0.439. The van der Waals surface area contributed by atoms with Gasteiger partial charge in [-0.2, -0.15) is 5.26 Å². The average molecular weight is 355 g/mol. The highest BCUT2D eigenvalue weighted by Crippen LogP contribution is 2.28. The summed E-state index contributed by atoms with van der Waals surface area (Å²) in [6.45, 7) is 0.121. The number of esters is 1. The first-order valence-electron chi connectivity index (χ1n) is 6.61. The molecule has 4 nitrogen and oxygen atoms in total. The van der Waals surface area contributed by atoms with Crippen LogP contribution in [0.1, 0.15) is 21.6 Å². The maximum atomic E-state index is 12.2. The van der Waals surface area contributed by atoms with Crippen LogP contribution in [0.5, 0.6) is 0 Å². The minimum atomic E-state index is -0.439. The van der Waals surface area contributed by atoms with Crippen LogP contribution in [0.15, 0.2) is 53.0 Å². The molecule has 3 aromatic rings. The van der Waals surface area contributed by atoms with Gasteiger partial charge in [0.05, 0.1) is 16.1 Å². The lowest BCUT2D eigenvalue weighted by atomic mass is 10.1. The predicted octanol–water partition coefficient (Wildman–Crippen LogP) is 4.16. The minimum absolute atomic E-state index is 0.121. The molecule has 0 unspecified atom stereocenters. The molecule has 1 N–H and O–H groups in total. The molecule has 0 atom stereocenters. The van der Waals surface area contributed by atoms with E-state index in [1.54, 1.807) is 18.2 Å². The lowest BCUT2D eigenvalue weighted by Crippen LogP contribution is -2.06. The highest BCUT2D eigenvalue weighted by Gasteiger charge is 2.17. The van der Waals surface area contributed by atoms with Crippen molar-refractivity contribution in [1.82, 2.24) is 4.98 Å². The molecule has 0 aliphatic heterocycles. The maximum absolute atomic E-state index is 12.2. The van der Waals surface area contributed by atoms with E-state index in [0.29, 0.717) is 15.7 Å². The Morgan fingerprint density at radius 2 is 2.05 bits per heavy atom. The molecule has 0 fully saturated rings. The van der Waals surface area contributed by atoms with Crippen LogP contribution in [0.4, 0.5) is 0 Å². The van der Waals surface area contributed by atoms with Gasteiger partial charge in [0.1, 0.15) is 12.3 Å². The van der Waals surface area contributed by atoms with Crippen molar-refractivity contribution >= 4 is 32.8 Å². The molecule has 1 aromatic heterocycles. The zero-order valence-corrected chi connectivity index (χ0v) is 13.1. The van der Waals surface area contributed by atoms with Gasteiger partial charge in [0.2, 0.25) is 0 Å². The largest absolute Gasteiger partial charge is 0.456 e. The summed E-state index contributed by atoms with van der Waals surface area (Å²) >= 11 is 3.43. The smallest absolute Gasteiger partial charge is 0.356 e. The van der Waals surface area contributed by atoms with E-state index in [1.807, 2.05) is 30.3 Å². The highest BCUT2D eigenvalue weighted by molar-refractivity contribution is 9.10. The first-order valence-corrected chi connectivity index (χ1v) is 7.40. The minimum Gasteiger partial charge on any atom is -0.456 e. The zero-order chi connectivity index (χ0) is 15.5. The SMILES string of the molecule is N#Cc1cccc(COC(=O)c2[nH]c3ccccc3c2Br)c1. The van der Waals surface area contributed by atoms with Gasteiger partial charge in [0, 0.05) is 10.9 Å². The van der Waals surface area contributed by atoms with E-state index in [-0.39, 0.29) is 6.61 Å². The Morgan fingerprint density at radius 3 is 2.82 bits per heavy atom. The summed E-state index contributed by atoms with van der Waals surface area (Å²) in [6.07, 6.45) is 0. The standard InChI is InChI=1S/C17H11BrN2O2/c18-15-13-6-1-2-7-14(13)20-16(15)17(21)22-10-12-5-3-4-11(8-12)9-19/h1-8,20H,10H2. The van der Waals surface area contributed by atoms with Crippen LogP contribution in [0.25, 0.3) is 10.9 Å². The van der Waals surface area contributed by atoms with Crippen LogP contribution in [0, 0.1) is 11.3 Å². The van der Waals surface area contributed by atoms with Gasteiger partial charge in [0.25, 0.3) is 0 Å². The van der Waals surface area contributed by atoms with Gasteiger partial charge in [-0.15, -0.1) is 0 Å². The van der Waals surface area contributed by atoms with Crippen LogP contribution in [0.3, 0.4) is 0 Å². The molecular formula is C17H11BrN2O2. The van der Waals surface area contributed by atoms with Gasteiger partial charge in [-0.1, -0.05) is 30.3 Å². The van der Waals surface area contributed by atoms with E-state index in [9.17, 15) is 4.79 Å². The third-order valence-corrected chi connectivity index (χ3v) is 4.10. The number of nitriles is 1. The molecule has 5 heteroatoms. The number of rotatable bonds is 3. The lowest BCUT2D eigenvalue weighted by molar-refractivity contribution is 0.0465. The molecule has 0 saturated carbocycles. The molecule has 0 spiro atoms. The molecular weight excluding hydrogens is 344 g/mol. The Kier molecular flexibility index (Phi) is 3.94. The number of aromatic amines is 1. The van der Waals surface area contributed by atoms with E-state index in [0.717, 1.165) is 16.5 Å². The van der Waals surface area contributed by atoms with Gasteiger partial charge in [0.15, 0.2) is 0 Å². The second-order valence-electron chi connectivity index (χ2n) is 4.75. The Labute approximate surface area is 135 Å². The van der Waals surface area contributed by atoms with Crippen molar-refractivity contribution in [2.45, 2.75) is 6.61 Å². The molecule has 3 rings (SSSR count). The zero-order valence-electron chi connectivity index (χ0n) is 11.5. The number of aromatic nitrogens is 1. The third kappa shape index (κ3) is 2.74. The summed E-state index contributed by atoms with van der Waals surface area (Å²) in [7, 11) is 0. The second kappa shape index (κ2) is 6.04. The molecule has 0 aliphatic rings. The number of hydrogen-bond donors (Lipinski definition) is 1. The monoisotopic (exact) mass is 354 g/mol. The van der Waals surface area contributed by atoms with Gasteiger partial charge in [-0.25, -0.2) is 4.79 Å². The van der Waals surface area contributed by atoms with Crippen molar-refractivity contribution in [3.8, 4) is 6.07 Å². The summed E-state index contributed by atoms with van der Waals surface area (Å²) in [4.78, 5) is 15.3. The molecule has 22 heavy (non-hydrogen) atoms. The number of fused-ring (bicyclic) bond motifs is 1. The predicted molar refractivity (Wildman–Crippen MR) is 86.3 cm³/mol. The number of hydrogen-bond acceptors (Lipinski definition) is 3. The number of carbonyl (C=O) groups is 1. The molecule has 0 bridgehead atoms. The van der Waals surface area contributed by atoms with E-state index in [4.69, 9.17) is 10.00 Å². The molecule has 0 amide bonds. The van der Waals surface area contributed by atoms with Crippen LogP contribution in [0.2, 0.25) is 0 Å². The summed E-state index contributed by atoms with van der Waals surface area (Å²) in [6, 6.07) is 16.7. The Hall–Kier alpha value is -2.58. The molecule has 2 aromatic carbocycles. The lowest BCUT2D eigenvalue weighted by Gasteiger charge is -2.04. The van der Waals surface area contributed by atoms with Crippen molar-refractivity contribution in [3.63, 3.8) is 0 Å². The number of H-pyrrole nitrogens is 1. The van der Waals surface area contributed by atoms with Crippen molar-refractivity contribution < 1.29 is 9.53 Å². The van der Waals surface area contributed by atoms with E-state index in [1.165, 1.54) is 0 Å². The van der Waals surface area contributed by atoms with Gasteiger partial charge in [-0.3, -0.25) is 0 Å². The van der Waals surface area contributed by atoms with Gasteiger partial charge >= 0.3 is 5.97 Å². The van der Waals surface area contributed by atoms with Gasteiger partial charge < -0.3 is 9.72 Å². The van der Waals surface area contributed by atoms with Crippen LogP contribution < -0.4 is 0 Å². The normalized spacial score (nSPS) is 10.4. The highest BCUT2D eigenvalue weighted by atomic mass is 79.9. The summed E-state index contributed by atoms with van der Waals surface area (Å²) < 4.78 is 6.01. The Balaban J connectivity index is 1.79. The first-order chi connectivity index (χ1) is 10.7. The van der Waals surface area contributed by atoms with E-state index < -0.39 is 5.97 Å². The number of para-hydroxylation sites is 1. The number of halogens is 1. The summed E-state index contributed by atoms with van der Waals surface area (Å²) in [5.41, 5.74) is 2.57. The van der Waals surface area contributed by atoms with Crippen LogP contribution >= 0.6 is 15.9 Å². The fourth-order valence-electron chi connectivity index (χ4n) is 2.20. The summed E-state index contributed by atoms with van der Waals surface area (Å²) in [5, 5.41) is 9.80. The quantitative estimate of drug-likeness (QED) is 0.718. The number of ether oxygens (including phenoxy) is 1. The number of benzene rings is 2. The molecule has 1 heterocycles. The van der Waals surface area contributed by atoms with Crippen molar-refractivity contribution in [2.75, 3.05) is 0 Å². The number of carbonyl (C=O) groups excluding carboxylic acids is 1. The van der Waals surface area contributed by atoms with Crippen molar-refractivity contribution in [1.29, 1.82) is 5.26 Å². The number of nitrogens with zero attached hydrogens (tertiary/aromatic N) is 1. The Morgan fingerprint density at radius 1 is 1.23 bits per heavy atom. The third-order valence-electron chi connectivity index (χ3n) is 3.27. The van der Waals surface area contributed by atoms with E-state index in [2.05, 4.69) is 27.0 Å². The van der Waals surface area contributed by atoms with Crippen LogP contribution in [-0.4, -0.2) is 11.0 Å². The first kappa shape index (κ1) is 14.4. The van der Waals surface area contributed by atoms with Crippen LogP contribution in [-0.2, 0) is 11.3 Å². The average Bonchev–Trinajstić information content (AvgIpc) is 2.90. The van der Waals surface area contributed by atoms with Gasteiger partial charge in [-0.05, 0) is 39.7 Å². The second-order valence-corrected chi connectivity index (χ2v) is 5.54. The molecule has 0 radical (unpaired) electrons. The molecule has 0 saturated heterocycles. The fraction of sp³-hybridized carbons (Fsp3) is 0.0588.